The van der Waals surface area contributed by atoms with E-state index in [0.717, 1.165) is 11.7 Å². The van der Waals surface area contributed by atoms with Crippen LogP contribution in [-0.2, 0) is 6.42 Å². The monoisotopic (exact) mass is 213 g/mol. The molecule has 0 radical (unpaired) electrons. The van der Waals surface area contributed by atoms with Crippen molar-refractivity contribution in [2.75, 3.05) is 11.5 Å². The SMILES string of the molecule is NC1CSCC1CCc1cccs1. The molecule has 0 aromatic carbocycles. The summed E-state index contributed by atoms with van der Waals surface area (Å²) in [5, 5.41) is 2.15. The molecule has 72 valence electrons. The third-order valence-electron chi connectivity index (χ3n) is 2.59. The normalized spacial score (nSPS) is 28.1. The maximum absolute atomic E-state index is 6.00. The van der Waals surface area contributed by atoms with Crippen LogP contribution >= 0.6 is 23.1 Å². The zero-order valence-corrected chi connectivity index (χ0v) is 9.24. The van der Waals surface area contributed by atoms with E-state index in [0.29, 0.717) is 6.04 Å². The maximum atomic E-state index is 6.00. The topological polar surface area (TPSA) is 26.0 Å². The lowest BCUT2D eigenvalue weighted by Crippen LogP contribution is -2.28. The molecule has 1 nitrogen and oxygen atoms in total. The van der Waals surface area contributed by atoms with Crippen LogP contribution in [0, 0.1) is 5.92 Å². The van der Waals surface area contributed by atoms with Gasteiger partial charge >= 0.3 is 0 Å². The van der Waals surface area contributed by atoms with E-state index in [2.05, 4.69) is 17.5 Å². The summed E-state index contributed by atoms with van der Waals surface area (Å²) in [4.78, 5) is 1.50. The Balaban J connectivity index is 1.79. The van der Waals surface area contributed by atoms with Gasteiger partial charge in [0.25, 0.3) is 0 Å². The molecular formula is C10H15NS2. The molecule has 1 aliphatic rings. The smallest absolute Gasteiger partial charge is 0.0166 e. The Morgan fingerprint density at radius 2 is 2.38 bits per heavy atom. The Morgan fingerprint density at radius 3 is 3.00 bits per heavy atom. The molecule has 1 aromatic rings. The van der Waals surface area contributed by atoms with Crippen LogP contribution in [-0.4, -0.2) is 17.5 Å². The zero-order valence-electron chi connectivity index (χ0n) is 7.61. The predicted octanol–water partition coefficient (Wildman–Crippen LogP) is 2.37. The van der Waals surface area contributed by atoms with Crippen molar-refractivity contribution in [2.24, 2.45) is 11.7 Å². The Labute approximate surface area is 87.7 Å². The maximum Gasteiger partial charge on any atom is 0.0166 e. The summed E-state index contributed by atoms with van der Waals surface area (Å²) >= 11 is 3.87. The van der Waals surface area contributed by atoms with Crippen molar-refractivity contribution in [3.63, 3.8) is 0 Å². The van der Waals surface area contributed by atoms with Crippen molar-refractivity contribution < 1.29 is 0 Å². The standard InChI is InChI=1S/C10H15NS2/c11-10-7-12-6-8(10)3-4-9-2-1-5-13-9/h1-2,5,8,10H,3-4,6-7,11H2. The second kappa shape index (κ2) is 4.49. The molecule has 2 unspecified atom stereocenters. The highest BCUT2D eigenvalue weighted by atomic mass is 32.2. The molecule has 1 aromatic heterocycles. The zero-order chi connectivity index (χ0) is 9.10. The number of rotatable bonds is 3. The summed E-state index contributed by atoms with van der Waals surface area (Å²) in [6.45, 7) is 0. The van der Waals surface area contributed by atoms with Gasteiger partial charge in [0.05, 0.1) is 0 Å². The van der Waals surface area contributed by atoms with Crippen LogP contribution in [0.5, 0.6) is 0 Å². The molecule has 0 aliphatic carbocycles. The lowest BCUT2D eigenvalue weighted by molar-refractivity contribution is 0.482. The van der Waals surface area contributed by atoms with Gasteiger partial charge in [0.15, 0.2) is 0 Å². The van der Waals surface area contributed by atoms with E-state index in [-0.39, 0.29) is 0 Å². The van der Waals surface area contributed by atoms with E-state index in [4.69, 9.17) is 5.73 Å². The van der Waals surface area contributed by atoms with Crippen LogP contribution < -0.4 is 5.73 Å². The van der Waals surface area contributed by atoms with Gasteiger partial charge in [0.2, 0.25) is 0 Å². The molecule has 2 rings (SSSR count). The molecule has 0 spiro atoms. The molecule has 1 saturated heterocycles. The highest BCUT2D eigenvalue weighted by Crippen LogP contribution is 2.27. The van der Waals surface area contributed by atoms with Crippen molar-refractivity contribution in [2.45, 2.75) is 18.9 Å². The number of thioether (sulfide) groups is 1. The van der Waals surface area contributed by atoms with Gasteiger partial charge in [-0.2, -0.15) is 11.8 Å². The first-order valence-corrected chi connectivity index (χ1v) is 6.75. The molecular weight excluding hydrogens is 198 g/mol. The van der Waals surface area contributed by atoms with Crippen molar-refractivity contribution in [3.05, 3.63) is 22.4 Å². The summed E-state index contributed by atoms with van der Waals surface area (Å²) in [7, 11) is 0. The van der Waals surface area contributed by atoms with Gasteiger partial charge < -0.3 is 5.73 Å². The lowest BCUT2D eigenvalue weighted by atomic mass is 9.98. The molecule has 3 heteroatoms. The fourth-order valence-corrected chi connectivity index (χ4v) is 3.82. The quantitative estimate of drug-likeness (QED) is 0.834. The van der Waals surface area contributed by atoms with E-state index < -0.39 is 0 Å². The van der Waals surface area contributed by atoms with Gasteiger partial charge in [-0.1, -0.05) is 6.07 Å². The van der Waals surface area contributed by atoms with Crippen LogP contribution in [0.1, 0.15) is 11.3 Å². The van der Waals surface area contributed by atoms with Gasteiger partial charge in [0.1, 0.15) is 0 Å². The number of hydrogen-bond acceptors (Lipinski definition) is 3. The third-order valence-corrected chi connectivity index (χ3v) is 4.81. The van der Waals surface area contributed by atoms with Crippen molar-refractivity contribution in [1.82, 2.24) is 0 Å². The molecule has 0 amide bonds. The van der Waals surface area contributed by atoms with E-state index in [1.807, 2.05) is 23.1 Å². The second-order valence-corrected chi connectivity index (χ2v) is 5.69. The summed E-state index contributed by atoms with van der Waals surface area (Å²) < 4.78 is 0. The third kappa shape index (κ3) is 2.48. The van der Waals surface area contributed by atoms with Gasteiger partial charge in [-0.05, 0) is 36.0 Å². The number of thiophene rings is 1. The minimum Gasteiger partial charge on any atom is -0.327 e. The molecule has 1 aliphatic heterocycles. The number of nitrogens with two attached hydrogens (primary N) is 1. The molecule has 2 atom stereocenters. The van der Waals surface area contributed by atoms with E-state index in [9.17, 15) is 0 Å². The molecule has 0 saturated carbocycles. The minimum atomic E-state index is 0.449. The highest BCUT2D eigenvalue weighted by Gasteiger charge is 2.23. The fourth-order valence-electron chi connectivity index (χ4n) is 1.70. The Morgan fingerprint density at radius 1 is 1.46 bits per heavy atom. The summed E-state index contributed by atoms with van der Waals surface area (Å²) in [6, 6.07) is 4.80. The molecule has 2 N–H and O–H groups in total. The van der Waals surface area contributed by atoms with Gasteiger partial charge in [-0.15, -0.1) is 11.3 Å². The van der Waals surface area contributed by atoms with Gasteiger partial charge in [0, 0.05) is 16.7 Å². The fraction of sp³-hybridized carbons (Fsp3) is 0.600. The number of hydrogen-bond donors (Lipinski definition) is 1. The predicted molar refractivity (Wildman–Crippen MR) is 61.4 cm³/mol. The highest BCUT2D eigenvalue weighted by molar-refractivity contribution is 7.99. The lowest BCUT2D eigenvalue weighted by Gasteiger charge is -2.12. The number of aryl methyl sites for hydroxylation is 1. The van der Waals surface area contributed by atoms with Gasteiger partial charge in [-0.3, -0.25) is 0 Å². The molecule has 0 bridgehead atoms. The molecule has 1 fully saturated rings. The van der Waals surface area contributed by atoms with E-state index in [1.54, 1.807) is 0 Å². The summed E-state index contributed by atoms with van der Waals surface area (Å²) in [6.07, 6.45) is 2.49. The first kappa shape index (κ1) is 9.56. The average molecular weight is 213 g/mol. The van der Waals surface area contributed by atoms with Crippen LogP contribution in [0.4, 0.5) is 0 Å². The largest absolute Gasteiger partial charge is 0.327 e. The second-order valence-electron chi connectivity index (χ2n) is 3.58. The molecule has 13 heavy (non-hydrogen) atoms. The van der Waals surface area contributed by atoms with Crippen LogP contribution in [0.2, 0.25) is 0 Å². The van der Waals surface area contributed by atoms with Crippen LogP contribution in [0.15, 0.2) is 17.5 Å². The van der Waals surface area contributed by atoms with Gasteiger partial charge in [-0.25, -0.2) is 0 Å². The molecule has 2 heterocycles. The minimum absolute atomic E-state index is 0.449. The van der Waals surface area contributed by atoms with Crippen molar-refractivity contribution in [1.29, 1.82) is 0 Å². The Bertz CT molecular complexity index is 245. The van der Waals surface area contributed by atoms with Crippen molar-refractivity contribution in [3.8, 4) is 0 Å². The first-order chi connectivity index (χ1) is 6.36. The first-order valence-electron chi connectivity index (χ1n) is 4.72. The Hall–Kier alpha value is 0.01000. The van der Waals surface area contributed by atoms with Crippen LogP contribution in [0.25, 0.3) is 0 Å². The Kier molecular flexibility index (Phi) is 3.30. The van der Waals surface area contributed by atoms with E-state index >= 15 is 0 Å². The summed E-state index contributed by atoms with van der Waals surface area (Å²) in [5.74, 6) is 3.19. The summed E-state index contributed by atoms with van der Waals surface area (Å²) in [5.41, 5.74) is 6.00. The van der Waals surface area contributed by atoms with E-state index in [1.165, 1.54) is 23.5 Å². The van der Waals surface area contributed by atoms with Crippen molar-refractivity contribution >= 4 is 23.1 Å². The van der Waals surface area contributed by atoms with Crippen LogP contribution in [0.3, 0.4) is 0 Å². The average Bonchev–Trinajstić information content (AvgIpc) is 2.72.